The molecule has 2 saturated heterocycles. The summed E-state index contributed by atoms with van der Waals surface area (Å²) in [5.41, 5.74) is 1.79. The predicted octanol–water partition coefficient (Wildman–Crippen LogP) is 3.47. The second-order valence-electron chi connectivity index (χ2n) is 8.73. The molecule has 0 saturated carbocycles. The maximum Gasteiger partial charge on any atom is 0.407 e. The number of pyridine rings is 1. The zero-order valence-corrected chi connectivity index (χ0v) is 18.0. The van der Waals surface area contributed by atoms with Crippen LogP contribution in [0.4, 0.5) is 9.18 Å². The third-order valence-electron chi connectivity index (χ3n) is 6.37. The highest BCUT2D eigenvalue weighted by Crippen LogP contribution is 2.21. The average Bonchev–Trinajstić information content (AvgIpc) is 2.80. The summed E-state index contributed by atoms with van der Waals surface area (Å²) >= 11 is 0. The van der Waals surface area contributed by atoms with E-state index in [-0.39, 0.29) is 17.8 Å². The van der Waals surface area contributed by atoms with Gasteiger partial charge in [0.25, 0.3) is 5.91 Å². The Morgan fingerprint density at radius 1 is 1.12 bits per heavy atom. The molecule has 7 nitrogen and oxygen atoms in total. The highest BCUT2D eigenvalue weighted by Gasteiger charge is 2.27. The molecule has 1 aromatic carbocycles. The van der Waals surface area contributed by atoms with Crippen LogP contribution >= 0.6 is 0 Å². The summed E-state index contributed by atoms with van der Waals surface area (Å²) in [5.74, 6) is -0.0834. The van der Waals surface area contributed by atoms with Gasteiger partial charge in [0.15, 0.2) is 0 Å². The number of nitrogens with one attached hydrogen (secondary N) is 1. The molecule has 2 aliphatic heterocycles. The van der Waals surface area contributed by atoms with E-state index in [4.69, 9.17) is 0 Å². The van der Waals surface area contributed by atoms with Gasteiger partial charge in [0.1, 0.15) is 5.82 Å². The number of carboxylic acid groups (broad SMARTS) is 1. The highest BCUT2D eigenvalue weighted by atomic mass is 19.1. The number of amides is 2. The molecule has 2 aliphatic rings. The van der Waals surface area contributed by atoms with E-state index in [1.165, 1.54) is 23.2 Å². The van der Waals surface area contributed by atoms with Crippen molar-refractivity contribution in [2.75, 3.05) is 32.7 Å². The number of piperidine rings is 2. The van der Waals surface area contributed by atoms with Crippen LogP contribution in [0, 0.1) is 11.7 Å². The van der Waals surface area contributed by atoms with Crippen molar-refractivity contribution in [2.45, 2.75) is 31.7 Å². The topological polar surface area (TPSA) is 85.8 Å². The van der Waals surface area contributed by atoms with Gasteiger partial charge in [-0.2, -0.15) is 0 Å². The van der Waals surface area contributed by atoms with Crippen molar-refractivity contribution in [1.82, 2.24) is 20.1 Å². The molecule has 32 heavy (non-hydrogen) atoms. The Balaban J connectivity index is 1.24. The number of hydrogen-bond donors (Lipinski definition) is 2. The second kappa shape index (κ2) is 10.1. The number of likely N-dealkylation sites (tertiary alicyclic amines) is 2. The summed E-state index contributed by atoms with van der Waals surface area (Å²) in [6, 6.07) is 9.79. The lowest BCUT2D eigenvalue weighted by atomic mass is 9.96. The van der Waals surface area contributed by atoms with Crippen LogP contribution in [-0.2, 0) is 0 Å². The van der Waals surface area contributed by atoms with Gasteiger partial charge >= 0.3 is 6.09 Å². The minimum Gasteiger partial charge on any atom is -0.465 e. The molecular weight excluding hydrogens is 411 g/mol. The van der Waals surface area contributed by atoms with E-state index in [2.05, 4.69) is 15.2 Å². The smallest absolute Gasteiger partial charge is 0.407 e. The molecule has 3 heterocycles. The molecule has 0 bridgehead atoms. The Hall–Kier alpha value is -3.00. The molecule has 1 unspecified atom stereocenters. The van der Waals surface area contributed by atoms with Gasteiger partial charge in [-0.15, -0.1) is 0 Å². The molecule has 2 fully saturated rings. The Bertz CT molecular complexity index is 945. The van der Waals surface area contributed by atoms with Gasteiger partial charge in [0.05, 0.1) is 11.3 Å². The fraction of sp³-hybridized carbons (Fsp3) is 0.458. The summed E-state index contributed by atoms with van der Waals surface area (Å²) in [7, 11) is 0. The third kappa shape index (κ3) is 5.62. The van der Waals surface area contributed by atoms with Crippen molar-refractivity contribution < 1.29 is 19.1 Å². The molecule has 8 heteroatoms. The summed E-state index contributed by atoms with van der Waals surface area (Å²) in [5, 5.41) is 12.3. The number of carbonyl (C=O) groups is 2. The average molecular weight is 441 g/mol. The summed E-state index contributed by atoms with van der Waals surface area (Å²) in [6.07, 6.45) is 4.44. The Morgan fingerprint density at radius 2 is 1.94 bits per heavy atom. The van der Waals surface area contributed by atoms with Crippen LogP contribution in [0.1, 0.15) is 36.0 Å². The normalized spacial score (nSPS) is 20.2. The monoisotopic (exact) mass is 440 g/mol. The molecule has 2 aromatic rings. The van der Waals surface area contributed by atoms with Crippen LogP contribution in [0.2, 0.25) is 0 Å². The third-order valence-corrected chi connectivity index (χ3v) is 6.37. The van der Waals surface area contributed by atoms with E-state index < -0.39 is 6.09 Å². The zero-order valence-electron chi connectivity index (χ0n) is 18.0. The first kappa shape index (κ1) is 22.2. The van der Waals surface area contributed by atoms with Gasteiger partial charge in [0, 0.05) is 50.5 Å². The van der Waals surface area contributed by atoms with Gasteiger partial charge < -0.3 is 20.2 Å². The number of halogens is 1. The molecule has 0 radical (unpaired) electrons. The quantitative estimate of drug-likeness (QED) is 0.744. The standard InChI is InChI=1S/C24H29FN4O3/c25-20-5-1-4-18(13-20)22-7-6-19(14-26-22)23(30)27-21-8-11-28(12-9-21)15-17-3-2-10-29(16-17)24(31)32/h1,4-7,13-14,17,21H,2-3,8-12,15-16H2,(H,27,30)(H,31,32). The largest absolute Gasteiger partial charge is 0.465 e. The molecular formula is C24H29FN4O3. The van der Waals surface area contributed by atoms with Gasteiger partial charge in [0.2, 0.25) is 0 Å². The molecule has 1 aromatic heterocycles. The minimum atomic E-state index is -0.824. The van der Waals surface area contributed by atoms with E-state index in [1.54, 1.807) is 24.3 Å². The summed E-state index contributed by atoms with van der Waals surface area (Å²) in [4.78, 5) is 32.1. The number of rotatable bonds is 5. The Labute approximate surface area is 187 Å². The minimum absolute atomic E-state index is 0.114. The van der Waals surface area contributed by atoms with Crippen molar-refractivity contribution in [2.24, 2.45) is 5.92 Å². The fourth-order valence-corrected chi connectivity index (χ4v) is 4.63. The molecule has 2 amide bonds. The molecule has 0 aliphatic carbocycles. The lowest BCUT2D eigenvalue weighted by Crippen LogP contribution is -2.48. The summed E-state index contributed by atoms with van der Waals surface area (Å²) in [6.45, 7) is 3.95. The van der Waals surface area contributed by atoms with Gasteiger partial charge in [-0.25, -0.2) is 9.18 Å². The van der Waals surface area contributed by atoms with E-state index in [1.807, 2.05) is 0 Å². The van der Waals surface area contributed by atoms with Crippen molar-refractivity contribution >= 4 is 12.0 Å². The second-order valence-corrected chi connectivity index (χ2v) is 8.73. The highest BCUT2D eigenvalue weighted by molar-refractivity contribution is 5.94. The molecule has 4 rings (SSSR count). The number of hydrogen-bond acceptors (Lipinski definition) is 4. The van der Waals surface area contributed by atoms with Crippen LogP contribution in [0.5, 0.6) is 0 Å². The molecule has 1 atom stereocenters. The van der Waals surface area contributed by atoms with Gasteiger partial charge in [-0.05, 0) is 55.9 Å². The van der Waals surface area contributed by atoms with E-state index in [0.29, 0.717) is 35.8 Å². The lowest BCUT2D eigenvalue weighted by Gasteiger charge is -2.37. The zero-order chi connectivity index (χ0) is 22.5. The Kier molecular flexibility index (Phi) is 6.99. The maximum atomic E-state index is 13.4. The number of nitrogens with zero attached hydrogens (tertiary/aromatic N) is 3. The van der Waals surface area contributed by atoms with Gasteiger partial charge in [-0.1, -0.05) is 12.1 Å². The lowest BCUT2D eigenvalue weighted by molar-refractivity contribution is 0.0874. The molecule has 170 valence electrons. The number of carbonyl (C=O) groups excluding carboxylic acids is 1. The van der Waals surface area contributed by atoms with Crippen LogP contribution in [0.15, 0.2) is 42.6 Å². The van der Waals surface area contributed by atoms with E-state index in [0.717, 1.165) is 45.3 Å². The van der Waals surface area contributed by atoms with E-state index in [9.17, 15) is 19.1 Å². The van der Waals surface area contributed by atoms with Crippen LogP contribution in [0.3, 0.4) is 0 Å². The first-order valence-corrected chi connectivity index (χ1v) is 11.2. The molecule has 2 N–H and O–H groups in total. The molecule has 0 spiro atoms. The first-order valence-electron chi connectivity index (χ1n) is 11.2. The van der Waals surface area contributed by atoms with Crippen molar-refractivity contribution in [3.8, 4) is 11.3 Å². The SMILES string of the molecule is O=C(NC1CCN(CC2CCCN(C(=O)O)C2)CC1)c1ccc(-c2cccc(F)c2)nc1. The van der Waals surface area contributed by atoms with Crippen molar-refractivity contribution in [3.05, 3.63) is 54.0 Å². The van der Waals surface area contributed by atoms with E-state index >= 15 is 0 Å². The first-order chi connectivity index (χ1) is 15.5. The predicted molar refractivity (Wildman–Crippen MR) is 119 cm³/mol. The summed E-state index contributed by atoms with van der Waals surface area (Å²) < 4.78 is 13.4. The van der Waals surface area contributed by atoms with Crippen molar-refractivity contribution in [3.63, 3.8) is 0 Å². The van der Waals surface area contributed by atoms with Crippen LogP contribution in [-0.4, -0.2) is 70.7 Å². The van der Waals surface area contributed by atoms with Crippen LogP contribution in [0.25, 0.3) is 11.3 Å². The fourth-order valence-electron chi connectivity index (χ4n) is 4.63. The number of aromatic nitrogens is 1. The van der Waals surface area contributed by atoms with Crippen molar-refractivity contribution in [1.29, 1.82) is 0 Å². The maximum absolute atomic E-state index is 13.4. The van der Waals surface area contributed by atoms with Gasteiger partial charge in [-0.3, -0.25) is 9.78 Å². The number of benzene rings is 1. The Morgan fingerprint density at radius 3 is 2.62 bits per heavy atom. The van der Waals surface area contributed by atoms with Crippen LogP contribution < -0.4 is 5.32 Å².